The molecule has 17 heavy (non-hydrogen) atoms. The van der Waals surface area contributed by atoms with E-state index in [9.17, 15) is 0 Å². The quantitative estimate of drug-likeness (QED) is 0.880. The largest absolute Gasteiger partial charge is 0.370 e. The summed E-state index contributed by atoms with van der Waals surface area (Å²) in [5.74, 6) is 1.69. The third-order valence-corrected chi connectivity index (χ3v) is 2.67. The van der Waals surface area contributed by atoms with E-state index in [4.69, 9.17) is 0 Å². The van der Waals surface area contributed by atoms with Crippen LogP contribution in [-0.4, -0.2) is 21.5 Å². The Morgan fingerprint density at radius 1 is 1.12 bits per heavy atom. The summed E-state index contributed by atoms with van der Waals surface area (Å²) in [6, 6.07) is 2.02. The molecule has 0 amide bonds. The molecule has 0 saturated heterocycles. The molecule has 0 atom stereocenters. The van der Waals surface area contributed by atoms with Crippen molar-refractivity contribution in [3.05, 3.63) is 23.3 Å². The van der Waals surface area contributed by atoms with Gasteiger partial charge in [-0.25, -0.2) is 9.97 Å². The van der Waals surface area contributed by atoms with Crippen molar-refractivity contribution in [3.63, 3.8) is 0 Å². The molecule has 0 aliphatic rings. The van der Waals surface area contributed by atoms with Gasteiger partial charge < -0.3 is 5.32 Å². The molecule has 0 aromatic carbocycles. The Bertz CT molecular complexity index is 543. The first-order chi connectivity index (χ1) is 8.15. The summed E-state index contributed by atoms with van der Waals surface area (Å²) in [5, 5.41) is 4.36. The highest BCUT2D eigenvalue weighted by Gasteiger charge is 2.11. The summed E-state index contributed by atoms with van der Waals surface area (Å²) in [7, 11) is 0. The summed E-state index contributed by atoms with van der Waals surface area (Å²) >= 11 is 0. The van der Waals surface area contributed by atoms with Crippen LogP contribution in [0.1, 0.15) is 31.1 Å². The highest BCUT2D eigenvalue weighted by Crippen LogP contribution is 2.24. The lowest BCUT2D eigenvalue weighted by Gasteiger charge is -2.11. The van der Waals surface area contributed by atoms with Gasteiger partial charge in [0.15, 0.2) is 0 Å². The van der Waals surface area contributed by atoms with Crippen molar-refractivity contribution in [1.82, 2.24) is 15.0 Å². The second-order valence-electron chi connectivity index (χ2n) is 4.11. The van der Waals surface area contributed by atoms with Crippen LogP contribution in [0, 0.1) is 13.8 Å². The summed E-state index contributed by atoms with van der Waals surface area (Å²) in [4.78, 5) is 13.5. The van der Waals surface area contributed by atoms with Gasteiger partial charge in [-0.15, -0.1) is 0 Å². The first-order valence-corrected chi connectivity index (χ1v) is 6.04. The smallest absolute Gasteiger partial charge is 0.139 e. The van der Waals surface area contributed by atoms with Crippen LogP contribution in [0.25, 0.3) is 10.9 Å². The van der Waals surface area contributed by atoms with Crippen molar-refractivity contribution in [1.29, 1.82) is 0 Å². The van der Waals surface area contributed by atoms with Crippen LogP contribution in [0.5, 0.6) is 0 Å². The van der Waals surface area contributed by atoms with Crippen LogP contribution >= 0.6 is 0 Å². The molecule has 4 nitrogen and oxygen atoms in total. The monoisotopic (exact) mass is 230 g/mol. The number of rotatable bonds is 3. The summed E-state index contributed by atoms with van der Waals surface area (Å²) < 4.78 is 0. The molecule has 0 fully saturated rings. The summed E-state index contributed by atoms with van der Waals surface area (Å²) in [6.45, 7) is 8.94. The van der Waals surface area contributed by atoms with Gasteiger partial charge in [0.25, 0.3) is 0 Å². The fourth-order valence-corrected chi connectivity index (χ4v) is 2.03. The predicted octanol–water partition coefficient (Wildman–Crippen LogP) is 2.64. The Morgan fingerprint density at radius 2 is 1.88 bits per heavy atom. The van der Waals surface area contributed by atoms with Crippen molar-refractivity contribution >= 4 is 16.7 Å². The van der Waals surface area contributed by atoms with Crippen LogP contribution in [0.3, 0.4) is 0 Å². The highest BCUT2D eigenvalue weighted by molar-refractivity contribution is 5.91. The number of hydrogen-bond donors (Lipinski definition) is 1. The van der Waals surface area contributed by atoms with E-state index in [0.717, 1.165) is 46.9 Å². The number of anilines is 1. The van der Waals surface area contributed by atoms with E-state index in [1.807, 2.05) is 19.9 Å². The number of fused-ring (bicyclic) bond motifs is 1. The van der Waals surface area contributed by atoms with E-state index in [1.54, 1.807) is 0 Å². The topological polar surface area (TPSA) is 50.7 Å². The number of hydrogen-bond acceptors (Lipinski definition) is 4. The average Bonchev–Trinajstić information content (AvgIpc) is 2.27. The molecule has 90 valence electrons. The van der Waals surface area contributed by atoms with Crippen LogP contribution in [0.2, 0.25) is 0 Å². The molecule has 0 saturated carbocycles. The third-order valence-electron chi connectivity index (χ3n) is 2.67. The van der Waals surface area contributed by atoms with E-state index in [2.05, 4.69) is 34.1 Å². The van der Waals surface area contributed by atoms with Gasteiger partial charge in [-0.2, -0.15) is 0 Å². The van der Waals surface area contributed by atoms with Gasteiger partial charge in [0, 0.05) is 12.2 Å². The van der Waals surface area contributed by atoms with Crippen molar-refractivity contribution in [3.8, 4) is 0 Å². The molecule has 2 aromatic heterocycles. The lowest BCUT2D eigenvalue weighted by Crippen LogP contribution is -2.06. The molecule has 2 aromatic rings. The Kier molecular flexibility index (Phi) is 3.22. The van der Waals surface area contributed by atoms with Gasteiger partial charge in [0.05, 0.1) is 16.6 Å². The zero-order chi connectivity index (χ0) is 12.4. The maximum absolute atomic E-state index is 4.57. The molecular weight excluding hydrogens is 212 g/mol. The highest BCUT2D eigenvalue weighted by atomic mass is 15.0. The Hall–Kier alpha value is -1.71. The molecule has 0 unspecified atom stereocenters. The molecule has 0 spiro atoms. The third kappa shape index (κ3) is 2.20. The molecule has 1 N–H and O–H groups in total. The summed E-state index contributed by atoms with van der Waals surface area (Å²) in [6.07, 6.45) is 0.892. The first-order valence-electron chi connectivity index (χ1n) is 6.04. The van der Waals surface area contributed by atoms with Crippen molar-refractivity contribution in [2.24, 2.45) is 0 Å². The van der Waals surface area contributed by atoms with Gasteiger partial charge >= 0.3 is 0 Å². The summed E-state index contributed by atoms with van der Waals surface area (Å²) in [5.41, 5.74) is 3.06. The second kappa shape index (κ2) is 4.65. The molecule has 2 heterocycles. The molecule has 0 bridgehead atoms. The second-order valence-corrected chi connectivity index (χ2v) is 4.11. The molecule has 0 aliphatic carbocycles. The van der Waals surface area contributed by atoms with Gasteiger partial charge in [0.1, 0.15) is 11.6 Å². The molecule has 0 radical (unpaired) electrons. The predicted molar refractivity (Wildman–Crippen MR) is 70.3 cm³/mol. The van der Waals surface area contributed by atoms with Gasteiger partial charge in [-0.3, -0.25) is 4.98 Å². The van der Waals surface area contributed by atoms with E-state index < -0.39 is 0 Å². The standard InChI is InChI=1S/C13H18N4/c1-5-10-12-11(7-8(3)15-10)16-9(4)17-13(12)14-6-2/h7H,5-6H2,1-4H3,(H,14,16,17). The van der Waals surface area contributed by atoms with Crippen LogP contribution in [0.15, 0.2) is 6.07 Å². The zero-order valence-electron chi connectivity index (χ0n) is 10.8. The Morgan fingerprint density at radius 3 is 2.53 bits per heavy atom. The molecule has 4 heteroatoms. The maximum Gasteiger partial charge on any atom is 0.139 e. The van der Waals surface area contributed by atoms with Gasteiger partial charge in [-0.05, 0) is 33.3 Å². The number of pyridine rings is 1. The van der Waals surface area contributed by atoms with Crippen molar-refractivity contribution in [2.45, 2.75) is 34.1 Å². The normalized spacial score (nSPS) is 10.8. The van der Waals surface area contributed by atoms with Crippen molar-refractivity contribution < 1.29 is 0 Å². The minimum atomic E-state index is 0.793. The fourth-order valence-electron chi connectivity index (χ4n) is 2.03. The van der Waals surface area contributed by atoms with Crippen LogP contribution in [-0.2, 0) is 6.42 Å². The molecular formula is C13H18N4. The first kappa shape index (κ1) is 11.8. The number of aromatic nitrogens is 3. The molecule has 2 rings (SSSR count). The van der Waals surface area contributed by atoms with Crippen LogP contribution < -0.4 is 5.32 Å². The lowest BCUT2D eigenvalue weighted by molar-refractivity contribution is 1.00. The fraction of sp³-hybridized carbons (Fsp3) is 0.462. The maximum atomic E-state index is 4.57. The minimum Gasteiger partial charge on any atom is -0.370 e. The SMILES string of the molecule is CCNc1nc(C)nc2cc(C)nc(CC)c12. The number of nitrogens with one attached hydrogen (secondary N) is 1. The lowest BCUT2D eigenvalue weighted by atomic mass is 10.1. The number of aryl methyl sites for hydroxylation is 3. The zero-order valence-corrected chi connectivity index (χ0v) is 10.8. The van der Waals surface area contributed by atoms with E-state index >= 15 is 0 Å². The molecule has 0 aliphatic heterocycles. The van der Waals surface area contributed by atoms with E-state index in [0.29, 0.717) is 0 Å². The number of nitrogens with zero attached hydrogens (tertiary/aromatic N) is 3. The Labute approximate surface area is 102 Å². The minimum absolute atomic E-state index is 0.793. The van der Waals surface area contributed by atoms with E-state index in [-0.39, 0.29) is 0 Å². The van der Waals surface area contributed by atoms with Gasteiger partial charge in [-0.1, -0.05) is 6.92 Å². The Balaban J connectivity index is 2.79. The van der Waals surface area contributed by atoms with E-state index in [1.165, 1.54) is 0 Å². The average molecular weight is 230 g/mol. The van der Waals surface area contributed by atoms with Crippen molar-refractivity contribution in [2.75, 3.05) is 11.9 Å². The van der Waals surface area contributed by atoms with Gasteiger partial charge in [0.2, 0.25) is 0 Å². The van der Waals surface area contributed by atoms with Crippen LogP contribution in [0.4, 0.5) is 5.82 Å².